The Bertz CT molecular complexity index is 339. The number of oxime groups is 1. The van der Waals surface area contributed by atoms with E-state index in [1.807, 2.05) is 10.2 Å². The lowest BCUT2D eigenvalue weighted by molar-refractivity contribution is -0.123. The third kappa shape index (κ3) is 5.64. The van der Waals surface area contributed by atoms with Crippen LogP contribution in [0, 0.1) is 0 Å². The molecule has 1 aliphatic rings. The average molecular weight is 283 g/mol. The van der Waals surface area contributed by atoms with Gasteiger partial charge < -0.3 is 21.2 Å². The van der Waals surface area contributed by atoms with Crippen molar-refractivity contribution >= 4 is 11.9 Å². The monoisotopic (exact) mass is 283 g/mol. The summed E-state index contributed by atoms with van der Waals surface area (Å²) in [4.78, 5) is 14.6. The fourth-order valence-electron chi connectivity index (χ4n) is 1.66. The zero-order chi connectivity index (χ0) is 14.5. The molecule has 10 heteroatoms. The summed E-state index contributed by atoms with van der Waals surface area (Å²) < 4.78 is 35.8. The Morgan fingerprint density at radius 1 is 1.32 bits per heavy atom. The molecule has 110 valence electrons. The van der Waals surface area contributed by atoms with Gasteiger partial charge in [0, 0.05) is 26.2 Å². The number of urea groups is 1. The topological polar surface area (TPSA) is 94.2 Å². The van der Waals surface area contributed by atoms with Crippen molar-refractivity contribution in [1.29, 1.82) is 0 Å². The molecule has 1 heterocycles. The van der Waals surface area contributed by atoms with E-state index < -0.39 is 18.8 Å². The Balaban J connectivity index is 2.31. The van der Waals surface area contributed by atoms with Crippen molar-refractivity contribution < 1.29 is 23.2 Å². The maximum Gasteiger partial charge on any atom is 0.405 e. The number of halogens is 3. The first kappa shape index (κ1) is 15.3. The second-order valence-electron chi connectivity index (χ2n) is 4.13. The van der Waals surface area contributed by atoms with Gasteiger partial charge in [-0.3, -0.25) is 4.90 Å². The van der Waals surface area contributed by atoms with Crippen molar-refractivity contribution in [3.8, 4) is 0 Å². The summed E-state index contributed by atoms with van der Waals surface area (Å²) in [5.74, 6) is 0.0509. The van der Waals surface area contributed by atoms with Crippen LogP contribution in [0.1, 0.15) is 0 Å². The first-order valence-electron chi connectivity index (χ1n) is 5.60. The number of amides is 2. The number of carbonyl (C=O) groups is 1. The highest BCUT2D eigenvalue weighted by Crippen LogP contribution is 2.12. The minimum Gasteiger partial charge on any atom is -0.409 e. The lowest BCUT2D eigenvalue weighted by atomic mass is 10.3. The molecular formula is C9H16F3N5O2. The van der Waals surface area contributed by atoms with E-state index in [-0.39, 0.29) is 12.4 Å². The fourth-order valence-corrected chi connectivity index (χ4v) is 1.66. The van der Waals surface area contributed by atoms with E-state index >= 15 is 0 Å². The van der Waals surface area contributed by atoms with E-state index in [0.717, 1.165) is 0 Å². The molecule has 0 aromatic rings. The van der Waals surface area contributed by atoms with Crippen LogP contribution >= 0.6 is 0 Å². The van der Waals surface area contributed by atoms with Crippen LogP contribution in [0.2, 0.25) is 0 Å². The van der Waals surface area contributed by atoms with Gasteiger partial charge in [0.05, 0.1) is 6.54 Å². The molecule has 0 bridgehead atoms. The third-order valence-electron chi connectivity index (χ3n) is 2.61. The van der Waals surface area contributed by atoms with Crippen LogP contribution in [-0.2, 0) is 0 Å². The van der Waals surface area contributed by atoms with Gasteiger partial charge >= 0.3 is 12.2 Å². The molecule has 1 aliphatic heterocycles. The minimum absolute atomic E-state index is 0.0509. The van der Waals surface area contributed by atoms with Gasteiger partial charge in [-0.2, -0.15) is 13.2 Å². The molecular weight excluding hydrogens is 267 g/mol. The number of hydrogen-bond acceptors (Lipinski definition) is 4. The summed E-state index contributed by atoms with van der Waals surface area (Å²) in [5.41, 5.74) is 5.33. The number of alkyl halides is 3. The molecule has 19 heavy (non-hydrogen) atoms. The van der Waals surface area contributed by atoms with Gasteiger partial charge in [0.15, 0.2) is 5.84 Å². The smallest absolute Gasteiger partial charge is 0.405 e. The predicted molar refractivity (Wildman–Crippen MR) is 60.9 cm³/mol. The molecule has 0 aliphatic carbocycles. The summed E-state index contributed by atoms with van der Waals surface area (Å²) in [5, 5.41) is 13.0. The van der Waals surface area contributed by atoms with Gasteiger partial charge in [0.2, 0.25) is 0 Å². The molecule has 0 spiro atoms. The summed E-state index contributed by atoms with van der Waals surface area (Å²) in [6.45, 7) is 0.417. The van der Waals surface area contributed by atoms with Crippen molar-refractivity contribution in [3.63, 3.8) is 0 Å². The predicted octanol–water partition coefficient (Wildman–Crippen LogP) is -0.378. The molecule has 1 rings (SSSR count). The molecule has 7 nitrogen and oxygen atoms in total. The van der Waals surface area contributed by atoms with Gasteiger partial charge in [-0.1, -0.05) is 5.16 Å². The normalized spacial score (nSPS) is 18.5. The van der Waals surface area contributed by atoms with Crippen LogP contribution < -0.4 is 11.1 Å². The highest BCUT2D eigenvalue weighted by molar-refractivity contribution is 5.81. The molecule has 0 radical (unpaired) electrons. The minimum atomic E-state index is -4.41. The highest BCUT2D eigenvalue weighted by atomic mass is 19.4. The van der Waals surface area contributed by atoms with E-state index in [0.29, 0.717) is 26.2 Å². The van der Waals surface area contributed by atoms with E-state index in [2.05, 4.69) is 5.16 Å². The van der Waals surface area contributed by atoms with Gasteiger partial charge in [-0.15, -0.1) is 0 Å². The molecule has 0 atom stereocenters. The van der Waals surface area contributed by atoms with Crippen LogP contribution in [0.15, 0.2) is 5.16 Å². The standard InChI is InChI=1S/C9H16F3N5O2/c10-9(11,12)6-14-8(18)17-3-1-16(2-4-17)5-7(13)15-19/h19H,1-6H2,(H2,13,15)(H,14,18). The van der Waals surface area contributed by atoms with Crippen LogP contribution in [0.5, 0.6) is 0 Å². The number of hydrogen-bond donors (Lipinski definition) is 3. The maximum absolute atomic E-state index is 11.9. The Morgan fingerprint density at radius 3 is 2.37 bits per heavy atom. The number of nitrogens with one attached hydrogen (secondary N) is 1. The molecule has 4 N–H and O–H groups in total. The Morgan fingerprint density at radius 2 is 1.89 bits per heavy atom. The van der Waals surface area contributed by atoms with Crippen molar-refractivity contribution in [3.05, 3.63) is 0 Å². The Kier molecular flexibility index (Phi) is 5.21. The van der Waals surface area contributed by atoms with Gasteiger partial charge in [-0.25, -0.2) is 4.79 Å². The molecule has 0 aromatic heterocycles. The second kappa shape index (κ2) is 6.45. The maximum atomic E-state index is 11.9. The van der Waals surface area contributed by atoms with Crippen molar-refractivity contribution in [2.45, 2.75) is 6.18 Å². The van der Waals surface area contributed by atoms with Gasteiger partial charge in [0.1, 0.15) is 6.54 Å². The number of nitrogens with zero attached hydrogens (tertiary/aromatic N) is 3. The van der Waals surface area contributed by atoms with Crippen LogP contribution in [0.4, 0.5) is 18.0 Å². The van der Waals surface area contributed by atoms with E-state index in [9.17, 15) is 18.0 Å². The van der Waals surface area contributed by atoms with E-state index in [1.165, 1.54) is 4.90 Å². The van der Waals surface area contributed by atoms with Crippen LogP contribution in [0.25, 0.3) is 0 Å². The van der Waals surface area contributed by atoms with Crippen LogP contribution in [0.3, 0.4) is 0 Å². The SMILES string of the molecule is NC(CN1CCN(C(=O)NCC(F)(F)F)CC1)=NO. The lowest BCUT2D eigenvalue weighted by Crippen LogP contribution is -2.54. The quantitative estimate of drug-likeness (QED) is 0.285. The second-order valence-corrected chi connectivity index (χ2v) is 4.13. The third-order valence-corrected chi connectivity index (χ3v) is 2.61. The molecule has 0 saturated carbocycles. The molecule has 1 fully saturated rings. The van der Waals surface area contributed by atoms with Crippen molar-refractivity contribution in [1.82, 2.24) is 15.1 Å². The van der Waals surface area contributed by atoms with Gasteiger partial charge in [0.25, 0.3) is 0 Å². The summed E-state index contributed by atoms with van der Waals surface area (Å²) >= 11 is 0. The zero-order valence-electron chi connectivity index (χ0n) is 10.2. The number of carbonyl (C=O) groups excluding carboxylic acids is 1. The lowest BCUT2D eigenvalue weighted by Gasteiger charge is -2.34. The highest BCUT2D eigenvalue weighted by Gasteiger charge is 2.29. The summed E-state index contributed by atoms with van der Waals surface area (Å²) in [6.07, 6.45) is -4.41. The average Bonchev–Trinajstić information content (AvgIpc) is 2.36. The summed E-state index contributed by atoms with van der Waals surface area (Å²) in [7, 11) is 0. The molecule has 0 unspecified atom stereocenters. The first-order chi connectivity index (χ1) is 8.81. The largest absolute Gasteiger partial charge is 0.409 e. The number of nitrogens with two attached hydrogens (primary N) is 1. The van der Waals surface area contributed by atoms with E-state index in [4.69, 9.17) is 10.9 Å². The number of rotatable bonds is 3. The van der Waals surface area contributed by atoms with Crippen molar-refractivity contribution in [2.24, 2.45) is 10.9 Å². The first-order valence-corrected chi connectivity index (χ1v) is 5.60. The van der Waals surface area contributed by atoms with E-state index in [1.54, 1.807) is 0 Å². The molecule has 2 amide bonds. The molecule has 1 saturated heterocycles. The Hall–Kier alpha value is -1.71. The summed E-state index contributed by atoms with van der Waals surface area (Å²) in [6, 6.07) is -0.735. The number of piperazine rings is 1. The van der Waals surface area contributed by atoms with Crippen molar-refractivity contribution in [2.75, 3.05) is 39.3 Å². The number of amidine groups is 1. The zero-order valence-corrected chi connectivity index (χ0v) is 10.2. The Labute approximate surface area is 107 Å². The fraction of sp³-hybridized carbons (Fsp3) is 0.778. The van der Waals surface area contributed by atoms with Crippen LogP contribution in [-0.4, -0.2) is 72.3 Å². The molecule has 0 aromatic carbocycles. The van der Waals surface area contributed by atoms with Gasteiger partial charge in [-0.05, 0) is 0 Å².